The number of aromatic nitrogens is 2. The molecule has 0 atom stereocenters. The Balaban J connectivity index is 2.01. The predicted octanol–water partition coefficient (Wildman–Crippen LogP) is 3.64. The minimum atomic E-state index is -0.146. The van der Waals surface area contributed by atoms with Crippen molar-refractivity contribution in [2.45, 2.75) is 13.5 Å². The lowest BCUT2D eigenvalue weighted by molar-refractivity contribution is 0.101. The van der Waals surface area contributed by atoms with Crippen molar-refractivity contribution in [2.75, 3.05) is 0 Å². The van der Waals surface area contributed by atoms with E-state index < -0.39 is 0 Å². The number of halogens is 1. The van der Waals surface area contributed by atoms with E-state index in [1.807, 2.05) is 25.1 Å². The van der Waals surface area contributed by atoms with E-state index >= 15 is 0 Å². The standard InChI is InChI=1S/C14H11BrN2O2/c1-2-17-8-10(7-16-17)14(18)13-6-9-5-11(15)3-4-12(9)19-13/h3-8H,2H2,1H3. The molecular formula is C14H11BrN2O2. The van der Waals surface area contributed by atoms with Gasteiger partial charge in [-0.3, -0.25) is 9.48 Å². The van der Waals surface area contributed by atoms with Crippen LogP contribution in [0.5, 0.6) is 0 Å². The fourth-order valence-corrected chi connectivity index (χ4v) is 2.30. The number of fused-ring (bicyclic) bond motifs is 1. The zero-order valence-electron chi connectivity index (χ0n) is 10.3. The normalized spacial score (nSPS) is 11.1. The number of carbonyl (C=O) groups excluding carboxylic acids is 1. The Kier molecular flexibility index (Phi) is 2.98. The molecule has 0 aliphatic rings. The fraction of sp³-hybridized carbons (Fsp3) is 0.143. The van der Waals surface area contributed by atoms with Crippen LogP contribution in [-0.2, 0) is 6.54 Å². The summed E-state index contributed by atoms with van der Waals surface area (Å²) in [6, 6.07) is 7.40. The van der Waals surface area contributed by atoms with Crippen LogP contribution in [0.4, 0.5) is 0 Å². The van der Waals surface area contributed by atoms with Crippen LogP contribution in [0.25, 0.3) is 11.0 Å². The summed E-state index contributed by atoms with van der Waals surface area (Å²) in [7, 11) is 0. The van der Waals surface area contributed by atoms with E-state index in [2.05, 4.69) is 21.0 Å². The molecule has 1 aromatic carbocycles. The molecule has 0 bridgehead atoms. The van der Waals surface area contributed by atoms with Crippen molar-refractivity contribution < 1.29 is 9.21 Å². The van der Waals surface area contributed by atoms with Gasteiger partial charge < -0.3 is 4.42 Å². The molecule has 0 saturated heterocycles. The number of hydrogen-bond donors (Lipinski definition) is 0. The van der Waals surface area contributed by atoms with Gasteiger partial charge in [-0.05, 0) is 31.2 Å². The first kappa shape index (κ1) is 12.2. The van der Waals surface area contributed by atoms with Gasteiger partial charge >= 0.3 is 0 Å². The monoisotopic (exact) mass is 318 g/mol. The maximum absolute atomic E-state index is 12.3. The predicted molar refractivity (Wildman–Crippen MR) is 75.2 cm³/mol. The minimum absolute atomic E-state index is 0.146. The molecule has 3 rings (SSSR count). The number of carbonyl (C=O) groups is 1. The molecule has 0 radical (unpaired) electrons. The van der Waals surface area contributed by atoms with E-state index in [1.165, 1.54) is 0 Å². The number of nitrogens with zero attached hydrogens (tertiary/aromatic N) is 2. The van der Waals surface area contributed by atoms with Crippen molar-refractivity contribution >= 4 is 32.7 Å². The summed E-state index contributed by atoms with van der Waals surface area (Å²) in [5, 5.41) is 5.00. The van der Waals surface area contributed by atoms with E-state index in [1.54, 1.807) is 23.1 Å². The quantitative estimate of drug-likeness (QED) is 0.693. The van der Waals surface area contributed by atoms with Crippen LogP contribution in [0.2, 0.25) is 0 Å². The highest BCUT2D eigenvalue weighted by molar-refractivity contribution is 9.10. The summed E-state index contributed by atoms with van der Waals surface area (Å²) in [5.74, 6) is 0.191. The summed E-state index contributed by atoms with van der Waals surface area (Å²) in [4.78, 5) is 12.3. The molecule has 0 saturated carbocycles. The first-order valence-electron chi connectivity index (χ1n) is 5.93. The van der Waals surface area contributed by atoms with Gasteiger partial charge in [0.25, 0.3) is 0 Å². The van der Waals surface area contributed by atoms with Gasteiger partial charge in [0.2, 0.25) is 5.78 Å². The molecule has 0 unspecified atom stereocenters. The van der Waals surface area contributed by atoms with Gasteiger partial charge in [-0.25, -0.2) is 0 Å². The second-order valence-electron chi connectivity index (χ2n) is 4.21. The second-order valence-corrected chi connectivity index (χ2v) is 5.12. The Bertz CT molecular complexity index is 758. The van der Waals surface area contributed by atoms with Crippen LogP contribution in [-0.4, -0.2) is 15.6 Å². The lowest BCUT2D eigenvalue weighted by Crippen LogP contribution is -1.98. The molecule has 0 spiro atoms. The van der Waals surface area contributed by atoms with Gasteiger partial charge in [0.15, 0.2) is 5.76 Å². The molecular weight excluding hydrogens is 308 g/mol. The van der Waals surface area contributed by atoms with E-state index in [4.69, 9.17) is 4.42 Å². The fourth-order valence-electron chi connectivity index (χ4n) is 1.92. The number of benzene rings is 1. The van der Waals surface area contributed by atoms with Crippen LogP contribution in [0.15, 0.2) is 45.5 Å². The van der Waals surface area contributed by atoms with Crippen molar-refractivity contribution in [3.8, 4) is 0 Å². The van der Waals surface area contributed by atoms with Crippen LogP contribution in [0, 0.1) is 0 Å². The molecule has 0 aliphatic heterocycles. The Hall–Kier alpha value is -1.88. The molecule has 3 aromatic rings. The minimum Gasteiger partial charge on any atom is -0.453 e. The van der Waals surface area contributed by atoms with E-state index in [9.17, 15) is 4.79 Å². The van der Waals surface area contributed by atoms with Crippen molar-refractivity contribution in [1.29, 1.82) is 0 Å². The Labute approximate surface area is 118 Å². The van der Waals surface area contributed by atoms with Crippen molar-refractivity contribution in [2.24, 2.45) is 0 Å². The largest absolute Gasteiger partial charge is 0.453 e. The lowest BCUT2D eigenvalue weighted by atomic mass is 10.2. The average molecular weight is 319 g/mol. The van der Waals surface area contributed by atoms with E-state index in [-0.39, 0.29) is 5.78 Å². The molecule has 2 heterocycles. The molecule has 0 aliphatic carbocycles. The summed E-state index contributed by atoms with van der Waals surface area (Å²) in [6.07, 6.45) is 3.29. The lowest BCUT2D eigenvalue weighted by Gasteiger charge is -1.92. The molecule has 4 nitrogen and oxygen atoms in total. The van der Waals surface area contributed by atoms with Gasteiger partial charge in [0.05, 0.1) is 11.8 Å². The Morgan fingerprint density at radius 2 is 2.26 bits per heavy atom. The molecule has 0 fully saturated rings. The molecule has 0 N–H and O–H groups in total. The summed E-state index contributed by atoms with van der Waals surface area (Å²) >= 11 is 3.40. The smallest absolute Gasteiger partial charge is 0.231 e. The Morgan fingerprint density at radius 3 is 3.00 bits per heavy atom. The number of ketones is 1. The van der Waals surface area contributed by atoms with Crippen LogP contribution >= 0.6 is 15.9 Å². The average Bonchev–Trinajstić information content (AvgIpc) is 3.03. The van der Waals surface area contributed by atoms with Crippen molar-refractivity contribution in [3.63, 3.8) is 0 Å². The highest BCUT2D eigenvalue weighted by Gasteiger charge is 2.16. The number of rotatable bonds is 3. The summed E-state index contributed by atoms with van der Waals surface area (Å²) < 4.78 is 8.25. The third-order valence-electron chi connectivity index (χ3n) is 2.92. The second kappa shape index (κ2) is 4.66. The van der Waals surface area contributed by atoms with E-state index in [0.717, 1.165) is 16.4 Å². The van der Waals surface area contributed by atoms with Gasteiger partial charge in [-0.15, -0.1) is 0 Å². The first-order valence-corrected chi connectivity index (χ1v) is 6.73. The van der Waals surface area contributed by atoms with Gasteiger partial charge in [0.1, 0.15) is 5.58 Å². The SMILES string of the molecule is CCn1cc(C(=O)c2cc3cc(Br)ccc3o2)cn1. The number of hydrogen-bond acceptors (Lipinski definition) is 3. The summed E-state index contributed by atoms with van der Waals surface area (Å²) in [6.45, 7) is 2.71. The maximum atomic E-state index is 12.3. The van der Waals surface area contributed by atoms with E-state index in [0.29, 0.717) is 16.9 Å². The van der Waals surface area contributed by atoms with Crippen LogP contribution in [0.3, 0.4) is 0 Å². The van der Waals surface area contributed by atoms with Gasteiger partial charge in [-0.1, -0.05) is 15.9 Å². The summed E-state index contributed by atoms with van der Waals surface area (Å²) in [5.41, 5.74) is 1.24. The first-order chi connectivity index (χ1) is 9.17. The van der Waals surface area contributed by atoms with Gasteiger partial charge in [0, 0.05) is 22.6 Å². The third-order valence-corrected chi connectivity index (χ3v) is 3.41. The number of aryl methyl sites for hydroxylation is 1. The van der Waals surface area contributed by atoms with Crippen molar-refractivity contribution in [3.05, 3.63) is 52.5 Å². The van der Waals surface area contributed by atoms with Crippen molar-refractivity contribution in [1.82, 2.24) is 9.78 Å². The van der Waals surface area contributed by atoms with Gasteiger partial charge in [-0.2, -0.15) is 5.10 Å². The van der Waals surface area contributed by atoms with Crippen LogP contribution < -0.4 is 0 Å². The topological polar surface area (TPSA) is 48.0 Å². The zero-order chi connectivity index (χ0) is 13.4. The highest BCUT2D eigenvalue weighted by Crippen LogP contribution is 2.24. The highest BCUT2D eigenvalue weighted by atomic mass is 79.9. The third kappa shape index (κ3) is 2.21. The zero-order valence-corrected chi connectivity index (χ0v) is 11.8. The maximum Gasteiger partial charge on any atom is 0.231 e. The molecule has 0 amide bonds. The molecule has 2 aromatic heterocycles. The molecule has 5 heteroatoms. The van der Waals surface area contributed by atoms with Crippen LogP contribution in [0.1, 0.15) is 23.0 Å². The molecule has 96 valence electrons. The Morgan fingerprint density at radius 1 is 1.42 bits per heavy atom. The number of furan rings is 1. The molecule has 19 heavy (non-hydrogen) atoms.